The molecule has 1 rings (SSSR count). The largest absolute Gasteiger partial charge is 0.465 e. The number of carboxylic acid groups (broad SMARTS) is 1. The monoisotopic (exact) mass is 239 g/mol. The van der Waals surface area contributed by atoms with Crippen LogP contribution in [0, 0.1) is 0 Å². The summed E-state index contributed by atoms with van der Waals surface area (Å²) in [5.41, 5.74) is 1.07. The molecule has 0 radical (unpaired) electrons. The quantitative estimate of drug-likeness (QED) is 0.625. The SMILES string of the molecule is O=C(O)NCC(O)CCOCc1ccccc1. The van der Waals surface area contributed by atoms with Crippen LogP contribution in [0.5, 0.6) is 0 Å². The van der Waals surface area contributed by atoms with Crippen molar-refractivity contribution in [3.63, 3.8) is 0 Å². The highest BCUT2D eigenvalue weighted by Crippen LogP contribution is 2.01. The zero-order chi connectivity index (χ0) is 12.5. The number of rotatable bonds is 7. The average molecular weight is 239 g/mol. The molecular weight excluding hydrogens is 222 g/mol. The van der Waals surface area contributed by atoms with Gasteiger partial charge in [0.15, 0.2) is 0 Å². The van der Waals surface area contributed by atoms with Crippen LogP contribution in [0.4, 0.5) is 4.79 Å². The lowest BCUT2D eigenvalue weighted by molar-refractivity contribution is 0.0729. The van der Waals surface area contributed by atoms with Crippen LogP contribution in [0.1, 0.15) is 12.0 Å². The normalized spacial score (nSPS) is 12.1. The van der Waals surface area contributed by atoms with Gasteiger partial charge in [0, 0.05) is 13.2 Å². The molecule has 0 aromatic heterocycles. The average Bonchev–Trinajstić information content (AvgIpc) is 2.33. The van der Waals surface area contributed by atoms with E-state index >= 15 is 0 Å². The van der Waals surface area contributed by atoms with E-state index in [-0.39, 0.29) is 6.54 Å². The third-order valence-electron chi connectivity index (χ3n) is 2.20. The van der Waals surface area contributed by atoms with E-state index in [0.29, 0.717) is 19.6 Å². The number of nitrogens with one attached hydrogen (secondary N) is 1. The van der Waals surface area contributed by atoms with Gasteiger partial charge in [-0.2, -0.15) is 0 Å². The van der Waals surface area contributed by atoms with Crippen molar-refractivity contribution < 1.29 is 19.7 Å². The molecule has 0 saturated heterocycles. The van der Waals surface area contributed by atoms with Gasteiger partial charge in [0.2, 0.25) is 0 Å². The number of aliphatic hydroxyl groups is 1. The second kappa shape index (κ2) is 7.65. The predicted molar refractivity (Wildman–Crippen MR) is 62.7 cm³/mol. The molecule has 5 nitrogen and oxygen atoms in total. The maximum absolute atomic E-state index is 10.2. The molecule has 0 fully saturated rings. The fourth-order valence-corrected chi connectivity index (χ4v) is 1.29. The summed E-state index contributed by atoms with van der Waals surface area (Å²) in [6, 6.07) is 9.73. The van der Waals surface area contributed by atoms with E-state index in [1.54, 1.807) is 0 Å². The number of hydrogen-bond acceptors (Lipinski definition) is 3. The van der Waals surface area contributed by atoms with Crippen molar-refractivity contribution in [1.82, 2.24) is 5.32 Å². The minimum Gasteiger partial charge on any atom is -0.465 e. The third-order valence-corrected chi connectivity index (χ3v) is 2.20. The minimum absolute atomic E-state index is 0.0318. The van der Waals surface area contributed by atoms with Crippen LogP contribution in [0.2, 0.25) is 0 Å². The molecule has 1 aromatic carbocycles. The first-order valence-corrected chi connectivity index (χ1v) is 5.45. The van der Waals surface area contributed by atoms with Gasteiger partial charge in [-0.05, 0) is 12.0 Å². The lowest BCUT2D eigenvalue weighted by atomic mass is 10.2. The number of hydrogen-bond donors (Lipinski definition) is 3. The molecule has 5 heteroatoms. The van der Waals surface area contributed by atoms with Gasteiger partial charge in [0.25, 0.3) is 0 Å². The van der Waals surface area contributed by atoms with Gasteiger partial charge < -0.3 is 20.3 Å². The Bertz CT molecular complexity index is 329. The lowest BCUT2D eigenvalue weighted by Gasteiger charge is -2.10. The van der Waals surface area contributed by atoms with Crippen LogP contribution < -0.4 is 5.32 Å². The zero-order valence-electron chi connectivity index (χ0n) is 9.50. The van der Waals surface area contributed by atoms with Crippen LogP contribution in [-0.2, 0) is 11.3 Å². The standard InChI is InChI=1S/C12H17NO4/c14-11(8-13-12(15)16)6-7-17-9-10-4-2-1-3-5-10/h1-5,11,13-14H,6-9H2,(H,15,16). The number of ether oxygens (including phenoxy) is 1. The predicted octanol–water partition coefficient (Wildman–Crippen LogP) is 1.22. The topological polar surface area (TPSA) is 78.8 Å². The van der Waals surface area contributed by atoms with E-state index in [4.69, 9.17) is 9.84 Å². The van der Waals surface area contributed by atoms with Crippen molar-refractivity contribution in [1.29, 1.82) is 0 Å². The maximum Gasteiger partial charge on any atom is 0.404 e. The Morgan fingerprint density at radius 1 is 1.35 bits per heavy atom. The third kappa shape index (κ3) is 6.55. The molecule has 0 aliphatic rings. The van der Waals surface area contributed by atoms with Crippen molar-refractivity contribution in [3.05, 3.63) is 35.9 Å². The Morgan fingerprint density at radius 2 is 2.06 bits per heavy atom. The van der Waals surface area contributed by atoms with E-state index in [1.165, 1.54) is 0 Å². The number of aliphatic hydroxyl groups excluding tert-OH is 1. The summed E-state index contributed by atoms with van der Waals surface area (Å²) >= 11 is 0. The Kier molecular flexibility index (Phi) is 6.06. The Hall–Kier alpha value is -1.59. The van der Waals surface area contributed by atoms with Crippen LogP contribution >= 0.6 is 0 Å². The summed E-state index contributed by atoms with van der Waals surface area (Å²) in [6.45, 7) is 0.932. The van der Waals surface area contributed by atoms with Crippen molar-refractivity contribution in [2.24, 2.45) is 0 Å². The van der Waals surface area contributed by atoms with Gasteiger partial charge in [-0.15, -0.1) is 0 Å². The van der Waals surface area contributed by atoms with E-state index in [2.05, 4.69) is 5.32 Å². The summed E-state index contributed by atoms with van der Waals surface area (Å²) in [4.78, 5) is 10.2. The number of amides is 1. The Balaban J connectivity index is 2.06. The molecule has 94 valence electrons. The molecule has 1 amide bonds. The van der Waals surface area contributed by atoms with E-state index < -0.39 is 12.2 Å². The highest BCUT2D eigenvalue weighted by atomic mass is 16.5. The molecule has 0 spiro atoms. The van der Waals surface area contributed by atoms with Gasteiger partial charge in [0.05, 0.1) is 12.7 Å². The fraction of sp³-hybridized carbons (Fsp3) is 0.417. The molecule has 1 atom stereocenters. The van der Waals surface area contributed by atoms with Crippen LogP contribution in [0.3, 0.4) is 0 Å². The molecule has 0 heterocycles. The summed E-state index contributed by atoms with van der Waals surface area (Å²) < 4.78 is 5.36. The van der Waals surface area contributed by atoms with Crippen LogP contribution in [0.25, 0.3) is 0 Å². The van der Waals surface area contributed by atoms with Crippen molar-refractivity contribution in [2.45, 2.75) is 19.1 Å². The fourth-order valence-electron chi connectivity index (χ4n) is 1.29. The Morgan fingerprint density at radius 3 is 2.71 bits per heavy atom. The smallest absolute Gasteiger partial charge is 0.404 e. The highest BCUT2D eigenvalue weighted by molar-refractivity contribution is 5.64. The molecule has 0 aliphatic carbocycles. The van der Waals surface area contributed by atoms with E-state index in [1.807, 2.05) is 30.3 Å². The molecule has 0 bridgehead atoms. The Labute approximate surface area is 100 Å². The molecule has 1 unspecified atom stereocenters. The first-order valence-electron chi connectivity index (χ1n) is 5.45. The zero-order valence-corrected chi connectivity index (χ0v) is 9.50. The van der Waals surface area contributed by atoms with Gasteiger partial charge in [-0.1, -0.05) is 30.3 Å². The summed E-state index contributed by atoms with van der Waals surface area (Å²) in [5.74, 6) is 0. The first-order chi connectivity index (χ1) is 8.18. The van der Waals surface area contributed by atoms with Crippen molar-refractivity contribution in [2.75, 3.05) is 13.2 Å². The van der Waals surface area contributed by atoms with Gasteiger partial charge in [0.1, 0.15) is 0 Å². The van der Waals surface area contributed by atoms with Crippen molar-refractivity contribution >= 4 is 6.09 Å². The van der Waals surface area contributed by atoms with Crippen LogP contribution in [-0.4, -0.2) is 35.6 Å². The van der Waals surface area contributed by atoms with E-state index in [0.717, 1.165) is 5.56 Å². The molecule has 3 N–H and O–H groups in total. The molecule has 0 aliphatic heterocycles. The molecule has 1 aromatic rings. The summed E-state index contributed by atoms with van der Waals surface area (Å²) in [6.07, 6.45) is -1.43. The minimum atomic E-state index is -1.13. The summed E-state index contributed by atoms with van der Waals surface area (Å²) in [5, 5.41) is 19.8. The second-order valence-corrected chi connectivity index (χ2v) is 3.67. The molecular formula is C12H17NO4. The summed E-state index contributed by atoms with van der Waals surface area (Å²) in [7, 11) is 0. The number of carbonyl (C=O) groups is 1. The van der Waals surface area contributed by atoms with Crippen molar-refractivity contribution in [3.8, 4) is 0 Å². The first kappa shape index (κ1) is 13.5. The second-order valence-electron chi connectivity index (χ2n) is 3.67. The van der Waals surface area contributed by atoms with Gasteiger partial charge in [-0.25, -0.2) is 4.79 Å². The van der Waals surface area contributed by atoms with Gasteiger partial charge in [-0.3, -0.25) is 0 Å². The van der Waals surface area contributed by atoms with E-state index in [9.17, 15) is 9.90 Å². The molecule has 0 saturated carbocycles. The maximum atomic E-state index is 10.2. The molecule has 17 heavy (non-hydrogen) atoms. The number of benzene rings is 1. The van der Waals surface area contributed by atoms with Gasteiger partial charge >= 0.3 is 6.09 Å². The lowest BCUT2D eigenvalue weighted by Crippen LogP contribution is -2.31. The highest BCUT2D eigenvalue weighted by Gasteiger charge is 2.05. The van der Waals surface area contributed by atoms with Crippen LogP contribution in [0.15, 0.2) is 30.3 Å².